The largest absolute Gasteiger partial charge is 0.497 e. The third-order valence-electron chi connectivity index (χ3n) is 4.12. The molecule has 0 aliphatic rings. The Morgan fingerprint density at radius 1 is 1.26 bits per heavy atom. The molecule has 0 bridgehead atoms. The number of rotatable bonds is 6. The van der Waals surface area contributed by atoms with Crippen LogP contribution in [0, 0.1) is 17.0 Å². The summed E-state index contributed by atoms with van der Waals surface area (Å²) in [6, 6.07) is 8.34. The van der Waals surface area contributed by atoms with Crippen LogP contribution < -0.4 is 9.46 Å². The van der Waals surface area contributed by atoms with Crippen LogP contribution in [0.15, 0.2) is 41.3 Å². The van der Waals surface area contributed by atoms with E-state index in [4.69, 9.17) is 4.74 Å². The van der Waals surface area contributed by atoms with E-state index in [1.807, 2.05) is 0 Å². The third-order valence-corrected chi connectivity index (χ3v) is 5.66. The van der Waals surface area contributed by atoms with E-state index >= 15 is 0 Å². The SMILES string of the molecule is COc1ccc2nc([C@H](C)NS(=O)(=O)c3ccc([N+](=O)[O-])c(C)c3)[nH]c2c1. The van der Waals surface area contributed by atoms with Crippen molar-refractivity contribution in [1.29, 1.82) is 0 Å². The number of nitro groups is 1. The van der Waals surface area contributed by atoms with E-state index in [1.54, 1.807) is 32.2 Å². The minimum Gasteiger partial charge on any atom is -0.497 e. The van der Waals surface area contributed by atoms with Crippen molar-refractivity contribution in [3.63, 3.8) is 0 Å². The number of hydrogen-bond acceptors (Lipinski definition) is 6. The Morgan fingerprint density at radius 3 is 2.63 bits per heavy atom. The van der Waals surface area contributed by atoms with Gasteiger partial charge in [-0.05, 0) is 38.1 Å². The Labute approximate surface area is 155 Å². The van der Waals surface area contributed by atoms with Gasteiger partial charge in [0.05, 0.1) is 34.0 Å². The highest BCUT2D eigenvalue weighted by Gasteiger charge is 2.22. The molecule has 10 heteroatoms. The molecule has 0 saturated heterocycles. The Bertz CT molecular complexity index is 1120. The summed E-state index contributed by atoms with van der Waals surface area (Å²) in [5, 5.41) is 10.9. The molecule has 0 amide bonds. The Hall–Kier alpha value is -2.98. The van der Waals surface area contributed by atoms with Gasteiger partial charge in [-0.15, -0.1) is 0 Å². The summed E-state index contributed by atoms with van der Waals surface area (Å²) in [7, 11) is -2.32. The number of imidazole rings is 1. The first kappa shape index (κ1) is 18.8. The molecular formula is C17H18N4O5S. The predicted molar refractivity (Wildman–Crippen MR) is 99.2 cm³/mol. The number of ether oxygens (including phenoxy) is 1. The van der Waals surface area contributed by atoms with Crippen LogP contribution in [0.25, 0.3) is 11.0 Å². The van der Waals surface area contributed by atoms with Crippen molar-refractivity contribution < 1.29 is 18.1 Å². The second-order valence-electron chi connectivity index (χ2n) is 6.05. The monoisotopic (exact) mass is 390 g/mol. The van der Waals surface area contributed by atoms with Gasteiger partial charge in [-0.3, -0.25) is 10.1 Å². The van der Waals surface area contributed by atoms with E-state index in [-0.39, 0.29) is 16.1 Å². The van der Waals surface area contributed by atoms with Gasteiger partial charge >= 0.3 is 0 Å². The lowest BCUT2D eigenvalue weighted by molar-refractivity contribution is -0.385. The molecule has 0 aliphatic carbocycles. The first-order chi connectivity index (χ1) is 12.7. The summed E-state index contributed by atoms with van der Waals surface area (Å²) in [5.74, 6) is 1.10. The highest BCUT2D eigenvalue weighted by Crippen LogP contribution is 2.24. The van der Waals surface area contributed by atoms with Crippen LogP contribution in [0.1, 0.15) is 24.4 Å². The second-order valence-corrected chi connectivity index (χ2v) is 7.77. The summed E-state index contributed by atoms with van der Waals surface area (Å²) in [6.45, 7) is 3.15. The first-order valence-electron chi connectivity index (χ1n) is 8.02. The average Bonchev–Trinajstić information content (AvgIpc) is 3.04. The van der Waals surface area contributed by atoms with Crippen LogP contribution in [-0.2, 0) is 10.0 Å². The molecule has 1 atom stereocenters. The molecule has 0 aliphatic heterocycles. The molecule has 27 heavy (non-hydrogen) atoms. The van der Waals surface area contributed by atoms with Gasteiger partial charge in [0.1, 0.15) is 11.6 Å². The van der Waals surface area contributed by atoms with E-state index < -0.39 is 21.0 Å². The molecule has 2 aromatic carbocycles. The number of nitrogens with one attached hydrogen (secondary N) is 2. The maximum Gasteiger partial charge on any atom is 0.272 e. The molecule has 0 spiro atoms. The average molecular weight is 390 g/mol. The van der Waals surface area contributed by atoms with Crippen LogP contribution in [0.4, 0.5) is 5.69 Å². The standard InChI is InChI=1S/C17H18N4O5S/c1-10-8-13(5-7-16(10)21(22)23)27(24,25)20-11(2)17-18-14-6-4-12(26-3)9-15(14)19-17/h4-9,11,20H,1-3H3,(H,18,19)/t11-/m0/s1. The minimum atomic E-state index is -3.88. The minimum absolute atomic E-state index is 0.0461. The lowest BCUT2D eigenvalue weighted by Crippen LogP contribution is -2.27. The molecule has 1 heterocycles. The van der Waals surface area contributed by atoms with E-state index in [9.17, 15) is 18.5 Å². The molecular weight excluding hydrogens is 372 g/mol. The van der Waals surface area contributed by atoms with E-state index in [0.29, 0.717) is 17.1 Å². The summed E-state index contributed by atoms with van der Waals surface area (Å²) in [6.07, 6.45) is 0. The Morgan fingerprint density at radius 2 is 2.00 bits per heavy atom. The highest BCUT2D eigenvalue weighted by molar-refractivity contribution is 7.89. The number of aromatic nitrogens is 2. The number of benzene rings is 2. The lowest BCUT2D eigenvalue weighted by atomic mass is 10.2. The zero-order valence-electron chi connectivity index (χ0n) is 14.9. The van der Waals surface area contributed by atoms with Gasteiger partial charge in [-0.1, -0.05) is 0 Å². The smallest absolute Gasteiger partial charge is 0.272 e. The molecule has 1 aromatic heterocycles. The van der Waals surface area contributed by atoms with Crippen LogP contribution in [-0.4, -0.2) is 30.4 Å². The van der Waals surface area contributed by atoms with E-state index in [2.05, 4.69) is 14.7 Å². The molecule has 142 valence electrons. The number of fused-ring (bicyclic) bond motifs is 1. The number of hydrogen-bond donors (Lipinski definition) is 2. The zero-order valence-corrected chi connectivity index (χ0v) is 15.7. The summed E-state index contributed by atoms with van der Waals surface area (Å²) < 4.78 is 32.9. The van der Waals surface area contributed by atoms with Gasteiger partial charge in [0.2, 0.25) is 10.0 Å². The molecule has 3 rings (SSSR count). The molecule has 9 nitrogen and oxygen atoms in total. The normalized spacial score (nSPS) is 12.9. The van der Waals surface area contributed by atoms with Crippen molar-refractivity contribution >= 4 is 26.7 Å². The number of methoxy groups -OCH3 is 1. The van der Waals surface area contributed by atoms with Gasteiger partial charge in [-0.25, -0.2) is 18.1 Å². The maximum atomic E-state index is 12.6. The topological polar surface area (TPSA) is 127 Å². The zero-order chi connectivity index (χ0) is 19.8. The molecule has 0 unspecified atom stereocenters. The molecule has 3 aromatic rings. The third kappa shape index (κ3) is 3.76. The fourth-order valence-electron chi connectivity index (χ4n) is 2.70. The predicted octanol–water partition coefficient (Wildman–Crippen LogP) is 2.83. The highest BCUT2D eigenvalue weighted by atomic mass is 32.2. The van der Waals surface area contributed by atoms with Gasteiger partial charge in [-0.2, -0.15) is 0 Å². The number of nitro benzene ring substituents is 1. The van der Waals surface area contributed by atoms with E-state index in [0.717, 1.165) is 5.52 Å². The molecule has 0 radical (unpaired) electrons. The number of nitrogens with zero attached hydrogens (tertiary/aromatic N) is 2. The summed E-state index contributed by atoms with van der Waals surface area (Å²) >= 11 is 0. The Balaban J connectivity index is 1.87. The van der Waals surface area contributed by atoms with Gasteiger partial charge in [0.25, 0.3) is 5.69 Å². The Kier molecular flexibility index (Phi) is 4.85. The van der Waals surface area contributed by atoms with Crippen molar-refractivity contribution in [3.05, 3.63) is 57.9 Å². The second kappa shape index (κ2) is 6.97. The molecule has 0 saturated carbocycles. The fourth-order valence-corrected chi connectivity index (χ4v) is 3.99. The number of H-pyrrole nitrogens is 1. The van der Waals surface area contributed by atoms with Crippen LogP contribution in [0.3, 0.4) is 0 Å². The van der Waals surface area contributed by atoms with Crippen molar-refractivity contribution in [2.45, 2.75) is 24.8 Å². The fraction of sp³-hybridized carbons (Fsp3) is 0.235. The number of aryl methyl sites for hydroxylation is 1. The van der Waals surface area contributed by atoms with Gasteiger partial charge in [0.15, 0.2) is 0 Å². The first-order valence-corrected chi connectivity index (χ1v) is 9.50. The van der Waals surface area contributed by atoms with Crippen molar-refractivity contribution in [1.82, 2.24) is 14.7 Å². The van der Waals surface area contributed by atoms with Gasteiger partial charge < -0.3 is 9.72 Å². The van der Waals surface area contributed by atoms with Crippen molar-refractivity contribution in [2.75, 3.05) is 7.11 Å². The van der Waals surface area contributed by atoms with Crippen LogP contribution in [0.5, 0.6) is 5.75 Å². The van der Waals surface area contributed by atoms with Crippen molar-refractivity contribution in [2.24, 2.45) is 0 Å². The lowest BCUT2D eigenvalue weighted by Gasteiger charge is -2.12. The van der Waals surface area contributed by atoms with Gasteiger partial charge in [0, 0.05) is 17.7 Å². The quantitative estimate of drug-likeness (QED) is 0.492. The van der Waals surface area contributed by atoms with E-state index in [1.165, 1.54) is 25.1 Å². The molecule has 2 N–H and O–H groups in total. The summed E-state index contributed by atoms with van der Waals surface area (Å²) in [4.78, 5) is 17.8. The molecule has 0 fully saturated rings. The maximum absolute atomic E-state index is 12.6. The number of sulfonamides is 1. The number of aromatic amines is 1. The summed E-state index contributed by atoms with van der Waals surface area (Å²) in [5.41, 5.74) is 1.55. The van der Waals surface area contributed by atoms with Crippen molar-refractivity contribution in [3.8, 4) is 5.75 Å². The van der Waals surface area contributed by atoms with Crippen LogP contribution >= 0.6 is 0 Å². The van der Waals surface area contributed by atoms with Crippen LogP contribution in [0.2, 0.25) is 0 Å².